The minimum absolute atomic E-state index is 0.264. The molecule has 3 nitrogen and oxygen atoms in total. The molecular weight excluding hydrogens is 235 g/mol. The molecule has 96 valence electrons. The Morgan fingerprint density at radius 1 is 1.50 bits per heavy atom. The maximum absolute atomic E-state index is 13.6. The van der Waals surface area contributed by atoms with E-state index >= 15 is 0 Å². The monoisotopic (exact) mass is 250 g/mol. The van der Waals surface area contributed by atoms with Gasteiger partial charge < -0.3 is 14.6 Å². The summed E-state index contributed by atoms with van der Waals surface area (Å²) in [4.78, 5) is 0. The summed E-state index contributed by atoms with van der Waals surface area (Å²) in [7, 11) is 0. The van der Waals surface area contributed by atoms with Gasteiger partial charge >= 0.3 is 0 Å². The number of benzene rings is 1. The zero-order chi connectivity index (χ0) is 12.8. The summed E-state index contributed by atoms with van der Waals surface area (Å²) in [5, 5.41) is 8.55. The number of hydrogen-bond donors (Lipinski definition) is 1. The van der Waals surface area contributed by atoms with Crippen LogP contribution in [0.25, 0.3) is 0 Å². The maximum Gasteiger partial charge on any atom is 0.142 e. The summed E-state index contributed by atoms with van der Waals surface area (Å²) in [6, 6.07) is 4.55. The molecule has 0 aliphatic carbocycles. The van der Waals surface area contributed by atoms with Crippen molar-refractivity contribution in [3.63, 3.8) is 0 Å². The molecule has 0 radical (unpaired) electrons. The van der Waals surface area contributed by atoms with Gasteiger partial charge in [-0.15, -0.1) is 0 Å². The van der Waals surface area contributed by atoms with Crippen LogP contribution in [0.3, 0.4) is 0 Å². The second-order valence-corrected chi connectivity index (χ2v) is 4.14. The van der Waals surface area contributed by atoms with Crippen LogP contribution < -0.4 is 4.74 Å². The predicted molar refractivity (Wildman–Crippen MR) is 64.8 cm³/mol. The molecule has 1 unspecified atom stereocenters. The lowest BCUT2D eigenvalue weighted by Gasteiger charge is -2.10. The van der Waals surface area contributed by atoms with Crippen molar-refractivity contribution in [1.29, 1.82) is 0 Å². The molecule has 1 aliphatic heterocycles. The van der Waals surface area contributed by atoms with Crippen molar-refractivity contribution in [2.24, 2.45) is 5.92 Å². The van der Waals surface area contributed by atoms with Gasteiger partial charge in [-0.2, -0.15) is 0 Å². The van der Waals surface area contributed by atoms with Gasteiger partial charge in [0.15, 0.2) is 0 Å². The van der Waals surface area contributed by atoms with E-state index in [-0.39, 0.29) is 12.2 Å². The molecule has 1 aliphatic rings. The van der Waals surface area contributed by atoms with Crippen LogP contribution in [-0.4, -0.2) is 31.5 Å². The average molecular weight is 250 g/mol. The van der Waals surface area contributed by atoms with Gasteiger partial charge in [-0.05, 0) is 18.6 Å². The molecule has 1 N–H and O–H groups in total. The van der Waals surface area contributed by atoms with Crippen molar-refractivity contribution in [2.45, 2.75) is 6.42 Å². The van der Waals surface area contributed by atoms with Crippen molar-refractivity contribution >= 4 is 0 Å². The number of rotatable bonds is 3. The molecule has 1 saturated heterocycles. The smallest absolute Gasteiger partial charge is 0.142 e. The molecule has 18 heavy (non-hydrogen) atoms. The van der Waals surface area contributed by atoms with E-state index in [2.05, 4.69) is 11.8 Å². The lowest BCUT2D eigenvalue weighted by Crippen LogP contribution is -2.11. The summed E-state index contributed by atoms with van der Waals surface area (Å²) in [6.07, 6.45) is 0.989. The topological polar surface area (TPSA) is 38.7 Å². The largest absolute Gasteiger partial charge is 0.493 e. The quantitative estimate of drug-likeness (QED) is 0.828. The molecule has 0 aromatic heterocycles. The minimum Gasteiger partial charge on any atom is -0.493 e. The van der Waals surface area contributed by atoms with Crippen LogP contribution >= 0.6 is 0 Å². The summed E-state index contributed by atoms with van der Waals surface area (Å²) in [6.45, 7) is 1.75. The Labute approximate surface area is 106 Å². The Morgan fingerprint density at radius 2 is 2.39 bits per heavy atom. The third-order valence-electron chi connectivity index (χ3n) is 2.75. The van der Waals surface area contributed by atoms with E-state index in [0.717, 1.165) is 13.0 Å². The fourth-order valence-electron chi connectivity index (χ4n) is 1.75. The van der Waals surface area contributed by atoms with Gasteiger partial charge in [0.05, 0.1) is 18.8 Å². The Hall–Kier alpha value is -1.57. The molecule has 1 atom stereocenters. The highest BCUT2D eigenvalue weighted by atomic mass is 19.1. The van der Waals surface area contributed by atoms with E-state index in [1.54, 1.807) is 12.1 Å². The Kier molecular flexibility index (Phi) is 4.57. The van der Waals surface area contributed by atoms with Crippen LogP contribution in [0, 0.1) is 23.6 Å². The fourth-order valence-corrected chi connectivity index (χ4v) is 1.75. The second-order valence-electron chi connectivity index (χ2n) is 4.14. The third kappa shape index (κ3) is 3.46. The van der Waals surface area contributed by atoms with Crippen LogP contribution in [0.15, 0.2) is 18.2 Å². The molecule has 0 spiro atoms. The van der Waals surface area contributed by atoms with E-state index < -0.39 is 5.82 Å². The predicted octanol–water partition coefficient (Wildman–Crippen LogP) is 1.58. The molecule has 0 amide bonds. The third-order valence-corrected chi connectivity index (χ3v) is 2.75. The lowest BCUT2D eigenvalue weighted by atomic mass is 10.1. The van der Waals surface area contributed by atoms with Gasteiger partial charge in [-0.25, -0.2) is 4.39 Å². The van der Waals surface area contributed by atoms with Gasteiger partial charge in [0, 0.05) is 18.6 Å². The average Bonchev–Trinajstić information content (AvgIpc) is 2.88. The molecule has 1 aromatic rings. The maximum atomic E-state index is 13.6. The van der Waals surface area contributed by atoms with Gasteiger partial charge in [0.1, 0.15) is 18.2 Å². The highest BCUT2D eigenvalue weighted by molar-refractivity contribution is 5.39. The molecule has 1 heterocycles. The standard InChI is InChI=1S/C14H15FO3/c15-14-8-13(4-3-12(14)2-1-6-16)18-10-11-5-7-17-9-11/h3-4,8,11,16H,5-7,9-10H2. The van der Waals surface area contributed by atoms with Crippen LogP contribution in [0.1, 0.15) is 12.0 Å². The van der Waals surface area contributed by atoms with Crippen molar-refractivity contribution in [2.75, 3.05) is 26.4 Å². The van der Waals surface area contributed by atoms with E-state index in [4.69, 9.17) is 14.6 Å². The summed E-state index contributed by atoms with van der Waals surface area (Å²) in [5.74, 6) is 5.40. The van der Waals surface area contributed by atoms with Crippen molar-refractivity contribution in [3.8, 4) is 17.6 Å². The number of halogens is 1. The van der Waals surface area contributed by atoms with Crippen LogP contribution in [0.2, 0.25) is 0 Å². The van der Waals surface area contributed by atoms with E-state index in [9.17, 15) is 4.39 Å². The fraction of sp³-hybridized carbons (Fsp3) is 0.429. The van der Waals surface area contributed by atoms with Crippen LogP contribution in [0.4, 0.5) is 4.39 Å². The normalized spacial score (nSPS) is 18.2. The highest BCUT2D eigenvalue weighted by Gasteiger charge is 2.16. The van der Waals surface area contributed by atoms with Gasteiger partial charge in [0.25, 0.3) is 0 Å². The first-order valence-electron chi connectivity index (χ1n) is 5.89. The number of aliphatic hydroxyl groups excluding tert-OH is 1. The molecule has 0 bridgehead atoms. The number of aliphatic hydroxyl groups is 1. The molecule has 1 aromatic carbocycles. The van der Waals surface area contributed by atoms with Gasteiger partial charge in [0.2, 0.25) is 0 Å². The first-order valence-corrected chi connectivity index (χ1v) is 5.89. The van der Waals surface area contributed by atoms with Gasteiger partial charge in [-0.1, -0.05) is 11.8 Å². The zero-order valence-corrected chi connectivity index (χ0v) is 9.99. The molecule has 4 heteroatoms. The molecule has 1 fully saturated rings. The van der Waals surface area contributed by atoms with E-state index in [1.165, 1.54) is 6.07 Å². The Bertz CT molecular complexity index is 456. The highest BCUT2D eigenvalue weighted by Crippen LogP contribution is 2.19. The van der Waals surface area contributed by atoms with E-state index in [0.29, 0.717) is 24.9 Å². The lowest BCUT2D eigenvalue weighted by molar-refractivity contribution is 0.167. The molecule has 0 saturated carbocycles. The van der Waals surface area contributed by atoms with Crippen LogP contribution in [0.5, 0.6) is 5.75 Å². The van der Waals surface area contributed by atoms with Crippen molar-refractivity contribution in [1.82, 2.24) is 0 Å². The summed E-state index contributed by atoms with van der Waals surface area (Å²) >= 11 is 0. The van der Waals surface area contributed by atoms with E-state index in [1.807, 2.05) is 0 Å². The second kappa shape index (κ2) is 6.39. The van der Waals surface area contributed by atoms with Gasteiger partial charge in [-0.3, -0.25) is 0 Å². The minimum atomic E-state index is -0.434. The zero-order valence-electron chi connectivity index (χ0n) is 9.99. The van der Waals surface area contributed by atoms with Crippen molar-refractivity contribution in [3.05, 3.63) is 29.6 Å². The summed E-state index contributed by atoms with van der Waals surface area (Å²) in [5.41, 5.74) is 0.264. The molecular formula is C14H15FO3. The Balaban J connectivity index is 1.95. The molecule has 2 rings (SSSR count). The number of ether oxygens (including phenoxy) is 2. The number of hydrogen-bond acceptors (Lipinski definition) is 3. The first kappa shape index (κ1) is 12.9. The van der Waals surface area contributed by atoms with Crippen molar-refractivity contribution < 1.29 is 19.0 Å². The van der Waals surface area contributed by atoms with Crippen LogP contribution in [-0.2, 0) is 4.74 Å². The first-order chi connectivity index (χ1) is 8.79. The SMILES string of the molecule is OCC#Cc1ccc(OCC2CCOC2)cc1F. The summed E-state index contributed by atoms with van der Waals surface area (Å²) < 4.78 is 24.3. The Morgan fingerprint density at radius 3 is 3.06 bits per heavy atom.